The second-order valence-electron chi connectivity index (χ2n) is 3.06. The molecule has 0 bridgehead atoms. The van der Waals surface area contributed by atoms with Gasteiger partial charge in [0.05, 0.1) is 7.11 Å². The molecule has 0 radical (unpaired) electrons. The molecule has 0 N–H and O–H groups in total. The Morgan fingerprint density at radius 1 is 1.12 bits per heavy atom. The summed E-state index contributed by atoms with van der Waals surface area (Å²) in [6.45, 7) is 0. The second kappa shape index (κ2) is 6.15. The minimum absolute atomic E-state index is 0.159. The number of ether oxygens (including phenoxy) is 1. The van der Waals surface area contributed by atoms with Crippen molar-refractivity contribution in [3.63, 3.8) is 0 Å². The normalized spacial score (nSPS) is 13.9. The molecule has 0 saturated carbocycles. The molecular weight excluding hydrogens is 340 g/mol. The number of hydrogen-bond donors (Lipinski definition) is 0. The first-order valence-electron chi connectivity index (χ1n) is 4.53. The molecule has 1 aromatic carbocycles. The van der Waals surface area contributed by atoms with Crippen molar-refractivity contribution >= 4 is 43.6 Å². The molecule has 0 saturated heterocycles. The van der Waals surface area contributed by atoms with Crippen LogP contribution in [0.1, 0.15) is 10.4 Å². The molecule has 0 spiro atoms. The van der Waals surface area contributed by atoms with Gasteiger partial charge in [0.25, 0.3) is 0 Å². The van der Waals surface area contributed by atoms with E-state index in [0.29, 0.717) is 5.56 Å². The Labute approximate surface area is 110 Å². The van der Waals surface area contributed by atoms with Crippen molar-refractivity contribution in [1.82, 2.24) is 0 Å². The number of esters is 1. The number of halogens is 2. The van der Waals surface area contributed by atoms with E-state index in [0.717, 1.165) is 0 Å². The Morgan fingerprint density at radius 3 is 2.19 bits per heavy atom. The zero-order valence-electron chi connectivity index (χ0n) is 8.52. The summed E-state index contributed by atoms with van der Waals surface area (Å²) in [5.41, 5.74) is 0.553. The van der Waals surface area contributed by atoms with Crippen LogP contribution in [0.5, 0.6) is 0 Å². The number of benzene rings is 1. The quantitative estimate of drug-likeness (QED) is 0.476. The third kappa shape index (κ3) is 3.15. The maximum Gasteiger partial charge on any atom is 0.321 e. The molecule has 0 aliphatic rings. The van der Waals surface area contributed by atoms with Crippen LogP contribution in [0.25, 0.3) is 0 Å². The number of carbonyl (C=O) groups excluding carboxylic acids is 2. The Balaban J connectivity index is 2.79. The SMILES string of the molecule is COC(=O)[C@@H](Br)[C@H](Br)C(=O)c1ccccc1. The van der Waals surface area contributed by atoms with Crippen molar-refractivity contribution in [2.45, 2.75) is 9.65 Å². The van der Waals surface area contributed by atoms with Gasteiger partial charge < -0.3 is 4.74 Å². The number of hydrogen-bond acceptors (Lipinski definition) is 3. The van der Waals surface area contributed by atoms with E-state index in [-0.39, 0.29) is 5.78 Å². The van der Waals surface area contributed by atoms with Gasteiger partial charge in [-0.3, -0.25) is 9.59 Å². The van der Waals surface area contributed by atoms with Gasteiger partial charge in [0.1, 0.15) is 9.65 Å². The number of Topliss-reactive ketones (excluding diaryl/α,β-unsaturated/α-hetero) is 1. The van der Waals surface area contributed by atoms with E-state index >= 15 is 0 Å². The third-order valence-corrected chi connectivity index (χ3v) is 4.55. The van der Waals surface area contributed by atoms with Crippen molar-refractivity contribution in [1.29, 1.82) is 0 Å². The van der Waals surface area contributed by atoms with Crippen molar-refractivity contribution in [3.05, 3.63) is 35.9 Å². The van der Waals surface area contributed by atoms with Crippen LogP contribution in [0, 0.1) is 0 Å². The smallest absolute Gasteiger partial charge is 0.321 e. The summed E-state index contributed by atoms with van der Waals surface area (Å²) in [7, 11) is 1.28. The summed E-state index contributed by atoms with van der Waals surface area (Å²) in [6.07, 6.45) is 0. The Hall–Kier alpha value is -0.680. The van der Waals surface area contributed by atoms with Gasteiger partial charge >= 0.3 is 5.97 Å². The van der Waals surface area contributed by atoms with Crippen LogP contribution in [0.15, 0.2) is 30.3 Å². The molecule has 0 aromatic heterocycles. The molecule has 16 heavy (non-hydrogen) atoms. The van der Waals surface area contributed by atoms with Crippen LogP contribution in [0.3, 0.4) is 0 Å². The predicted octanol–water partition coefficient (Wildman–Crippen LogP) is 2.57. The van der Waals surface area contributed by atoms with E-state index in [1.54, 1.807) is 24.3 Å². The molecule has 0 aliphatic carbocycles. The summed E-state index contributed by atoms with van der Waals surface area (Å²) in [5.74, 6) is -0.640. The van der Waals surface area contributed by atoms with Gasteiger partial charge in [-0.15, -0.1) is 0 Å². The molecule has 5 heteroatoms. The Bertz CT molecular complexity index is 378. The molecule has 3 nitrogen and oxygen atoms in total. The Kier molecular flexibility index (Phi) is 5.15. The van der Waals surface area contributed by atoms with Crippen molar-refractivity contribution in [2.24, 2.45) is 0 Å². The molecule has 0 aliphatic heterocycles. The summed E-state index contributed by atoms with van der Waals surface area (Å²) < 4.78 is 4.55. The lowest BCUT2D eigenvalue weighted by atomic mass is 10.1. The van der Waals surface area contributed by atoms with E-state index in [2.05, 4.69) is 36.6 Å². The van der Waals surface area contributed by atoms with Gasteiger partial charge in [0, 0.05) is 5.56 Å². The lowest BCUT2D eigenvalue weighted by molar-refractivity contribution is -0.139. The van der Waals surface area contributed by atoms with Gasteiger partial charge in [-0.25, -0.2) is 0 Å². The maximum atomic E-state index is 11.9. The van der Waals surface area contributed by atoms with Gasteiger partial charge in [0.2, 0.25) is 0 Å². The highest BCUT2D eigenvalue weighted by atomic mass is 79.9. The molecular formula is C11H10Br2O3. The third-order valence-electron chi connectivity index (χ3n) is 1.99. The van der Waals surface area contributed by atoms with Gasteiger partial charge in [0.15, 0.2) is 5.78 Å². The number of carbonyl (C=O) groups is 2. The van der Waals surface area contributed by atoms with Crippen LogP contribution in [0.4, 0.5) is 0 Å². The van der Waals surface area contributed by atoms with Gasteiger partial charge in [-0.1, -0.05) is 62.2 Å². The number of ketones is 1. The standard InChI is InChI=1S/C11H10Br2O3/c1-16-11(15)9(13)8(12)10(14)7-5-3-2-4-6-7/h2-6,8-9H,1H3/t8-,9-/m0/s1. The van der Waals surface area contributed by atoms with E-state index < -0.39 is 15.6 Å². The number of alkyl halides is 2. The minimum atomic E-state index is -0.690. The summed E-state index contributed by atoms with van der Waals surface area (Å²) in [4.78, 5) is 21.8. The average molecular weight is 350 g/mol. The average Bonchev–Trinajstić information content (AvgIpc) is 2.36. The second-order valence-corrected chi connectivity index (χ2v) is 5.03. The Morgan fingerprint density at radius 2 is 1.69 bits per heavy atom. The number of rotatable bonds is 4. The fraction of sp³-hybridized carbons (Fsp3) is 0.273. The molecule has 1 rings (SSSR count). The molecule has 1 aromatic rings. The lowest BCUT2D eigenvalue weighted by Crippen LogP contribution is -2.31. The monoisotopic (exact) mass is 348 g/mol. The molecule has 0 fully saturated rings. The molecule has 0 unspecified atom stereocenters. The fourth-order valence-electron chi connectivity index (χ4n) is 1.13. The first kappa shape index (κ1) is 13.4. The fourth-order valence-corrected chi connectivity index (χ4v) is 2.03. The zero-order chi connectivity index (χ0) is 12.1. The van der Waals surface area contributed by atoms with Crippen LogP contribution >= 0.6 is 31.9 Å². The topological polar surface area (TPSA) is 43.4 Å². The summed E-state index contributed by atoms with van der Waals surface area (Å²) in [6, 6.07) is 8.77. The summed E-state index contributed by atoms with van der Waals surface area (Å²) in [5, 5.41) is 0. The van der Waals surface area contributed by atoms with Crippen LogP contribution in [0.2, 0.25) is 0 Å². The highest BCUT2D eigenvalue weighted by Gasteiger charge is 2.30. The molecule has 86 valence electrons. The highest BCUT2D eigenvalue weighted by Crippen LogP contribution is 2.20. The van der Waals surface area contributed by atoms with E-state index in [1.165, 1.54) is 7.11 Å². The first-order chi connectivity index (χ1) is 7.57. The molecule has 0 heterocycles. The zero-order valence-corrected chi connectivity index (χ0v) is 11.7. The first-order valence-corrected chi connectivity index (χ1v) is 6.36. The van der Waals surface area contributed by atoms with E-state index in [9.17, 15) is 9.59 Å². The lowest BCUT2D eigenvalue weighted by Gasteiger charge is -2.13. The predicted molar refractivity (Wildman–Crippen MR) is 68.2 cm³/mol. The van der Waals surface area contributed by atoms with Gasteiger partial charge in [-0.2, -0.15) is 0 Å². The highest BCUT2D eigenvalue weighted by molar-refractivity contribution is 9.12. The largest absolute Gasteiger partial charge is 0.468 e. The molecule has 2 atom stereocenters. The van der Waals surface area contributed by atoms with Crippen LogP contribution in [-0.2, 0) is 9.53 Å². The summed E-state index contributed by atoms with van der Waals surface area (Å²) >= 11 is 6.31. The minimum Gasteiger partial charge on any atom is -0.468 e. The van der Waals surface area contributed by atoms with Crippen molar-refractivity contribution in [2.75, 3.05) is 7.11 Å². The van der Waals surface area contributed by atoms with Crippen LogP contribution in [-0.4, -0.2) is 28.5 Å². The van der Waals surface area contributed by atoms with Crippen LogP contribution < -0.4 is 0 Å². The van der Waals surface area contributed by atoms with Crippen molar-refractivity contribution in [3.8, 4) is 0 Å². The maximum absolute atomic E-state index is 11.9. The van der Waals surface area contributed by atoms with E-state index in [1.807, 2.05) is 6.07 Å². The molecule has 0 amide bonds. The number of methoxy groups -OCH3 is 1. The van der Waals surface area contributed by atoms with E-state index in [4.69, 9.17) is 0 Å². The van der Waals surface area contributed by atoms with Gasteiger partial charge in [-0.05, 0) is 0 Å². The van der Waals surface area contributed by atoms with Crippen molar-refractivity contribution < 1.29 is 14.3 Å².